The summed E-state index contributed by atoms with van der Waals surface area (Å²) in [7, 11) is 1.60. The third-order valence-electron chi connectivity index (χ3n) is 2.20. The summed E-state index contributed by atoms with van der Waals surface area (Å²) in [6, 6.07) is 9.10. The molecule has 0 aliphatic heterocycles. The van der Waals surface area contributed by atoms with Crippen molar-refractivity contribution in [3.63, 3.8) is 0 Å². The molecule has 0 aliphatic carbocycles. The van der Waals surface area contributed by atoms with Crippen molar-refractivity contribution in [1.82, 2.24) is 9.97 Å². The first-order chi connectivity index (χ1) is 8.79. The van der Waals surface area contributed by atoms with Crippen LogP contribution in [0.1, 0.15) is 5.56 Å². The zero-order valence-electron chi connectivity index (χ0n) is 9.75. The zero-order valence-corrected chi connectivity index (χ0v) is 9.75. The Morgan fingerprint density at radius 2 is 2.22 bits per heavy atom. The second kappa shape index (κ2) is 5.62. The topological polar surface area (TPSA) is 79.4 Å². The number of hydrogen-bond donors (Lipinski definition) is 2. The van der Waals surface area contributed by atoms with Gasteiger partial charge in [0.05, 0.1) is 13.3 Å². The maximum atomic E-state index is 10.9. The average molecular weight is 244 g/mol. The van der Waals surface area contributed by atoms with Crippen LogP contribution in [0.3, 0.4) is 0 Å². The van der Waals surface area contributed by atoms with Crippen molar-refractivity contribution in [2.24, 2.45) is 5.10 Å². The molecular weight excluding hydrogens is 232 g/mol. The van der Waals surface area contributed by atoms with E-state index >= 15 is 0 Å². The van der Waals surface area contributed by atoms with Gasteiger partial charge in [0.25, 0.3) is 0 Å². The van der Waals surface area contributed by atoms with Gasteiger partial charge in [-0.3, -0.25) is 10.4 Å². The molecule has 6 heteroatoms. The number of anilines is 1. The summed E-state index contributed by atoms with van der Waals surface area (Å²) in [5, 5.41) is 4.01. The van der Waals surface area contributed by atoms with Crippen LogP contribution in [-0.4, -0.2) is 23.3 Å². The van der Waals surface area contributed by atoms with Crippen molar-refractivity contribution in [1.29, 1.82) is 0 Å². The van der Waals surface area contributed by atoms with Gasteiger partial charge >= 0.3 is 5.69 Å². The van der Waals surface area contributed by atoms with Crippen molar-refractivity contribution in [2.45, 2.75) is 0 Å². The van der Waals surface area contributed by atoms with Gasteiger partial charge in [0.15, 0.2) is 0 Å². The van der Waals surface area contributed by atoms with Gasteiger partial charge in [-0.2, -0.15) is 5.10 Å². The molecule has 0 fully saturated rings. The first kappa shape index (κ1) is 11.8. The Bertz CT molecular complexity index is 607. The van der Waals surface area contributed by atoms with E-state index in [9.17, 15) is 4.79 Å². The van der Waals surface area contributed by atoms with Gasteiger partial charge in [0.1, 0.15) is 11.6 Å². The Morgan fingerprint density at radius 3 is 3.00 bits per heavy atom. The lowest BCUT2D eigenvalue weighted by atomic mass is 10.2. The normalized spacial score (nSPS) is 10.5. The number of hydrogen-bond acceptors (Lipinski definition) is 5. The molecule has 0 bridgehead atoms. The van der Waals surface area contributed by atoms with Gasteiger partial charge in [-0.05, 0) is 18.2 Å². The summed E-state index contributed by atoms with van der Waals surface area (Å²) >= 11 is 0. The van der Waals surface area contributed by atoms with Crippen LogP contribution in [0, 0.1) is 0 Å². The molecule has 0 unspecified atom stereocenters. The fraction of sp³-hybridized carbons (Fsp3) is 0.0833. The maximum absolute atomic E-state index is 10.9. The number of nitrogens with zero attached hydrogens (tertiary/aromatic N) is 2. The minimum absolute atomic E-state index is 0.424. The van der Waals surface area contributed by atoms with Gasteiger partial charge in [-0.1, -0.05) is 12.1 Å². The molecule has 0 amide bonds. The molecule has 2 aromatic rings. The van der Waals surface area contributed by atoms with Gasteiger partial charge in [-0.15, -0.1) is 0 Å². The summed E-state index contributed by atoms with van der Waals surface area (Å²) in [5.74, 6) is 1.20. The molecular formula is C12H12N4O2. The molecule has 92 valence electrons. The van der Waals surface area contributed by atoms with E-state index in [1.54, 1.807) is 19.4 Å². The van der Waals surface area contributed by atoms with Gasteiger partial charge in [0.2, 0.25) is 0 Å². The molecule has 1 aromatic heterocycles. The van der Waals surface area contributed by atoms with Gasteiger partial charge < -0.3 is 4.74 Å². The Labute approximate surface area is 103 Å². The number of methoxy groups -OCH3 is 1. The van der Waals surface area contributed by atoms with E-state index in [0.717, 1.165) is 11.3 Å². The standard InChI is InChI=1S/C12H12N4O2/c1-18-10-5-3-2-4-9(10)8-14-16-11-6-7-13-12(17)15-11/h2-8H,1H3,(H2,13,15,16,17). The highest BCUT2D eigenvalue weighted by atomic mass is 16.5. The molecule has 0 spiro atoms. The summed E-state index contributed by atoms with van der Waals surface area (Å²) in [6.07, 6.45) is 3.01. The maximum Gasteiger partial charge on any atom is 0.346 e. The highest BCUT2D eigenvalue weighted by molar-refractivity contribution is 5.83. The van der Waals surface area contributed by atoms with Crippen molar-refractivity contribution >= 4 is 12.0 Å². The van der Waals surface area contributed by atoms with Gasteiger partial charge in [-0.25, -0.2) is 9.78 Å². The molecule has 2 rings (SSSR count). The van der Waals surface area contributed by atoms with Crippen LogP contribution < -0.4 is 15.9 Å². The number of hydrazone groups is 1. The van der Waals surface area contributed by atoms with E-state index in [1.165, 1.54) is 6.20 Å². The van der Waals surface area contributed by atoms with Crippen LogP contribution in [0.2, 0.25) is 0 Å². The number of para-hydroxylation sites is 1. The second-order valence-corrected chi connectivity index (χ2v) is 3.40. The quantitative estimate of drug-likeness (QED) is 0.626. The lowest BCUT2D eigenvalue weighted by molar-refractivity contribution is 0.414. The van der Waals surface area contributed by atoms with Gasteiger partial charge in [0, 0.05) is 11.8 Å². The van der Waals surface area contributed by atoms with Crippen LogP contribution in [0.4, 0.5) is 5.82 Å². The Kier molecular flexibility index (Phi) is 3.70. The monoisotopic (exact) mass is 244 g/mol. The first-order valence-corrected chi connectivity index (χ1v) is 5.27. The lowest BCUT2D eigenvalue weighted by Gasteiger charge is -2.03. The zero-order chi connectivity index (χ0) is 12.8. The number of aromatic nitrogens is 2. The number of nitrogens with one attached hydrogen (secondary N) is 2. The summed E-state index contributed by atoms with van der Waals surface area (Å²) in [4.78, 5) is 17.0. The van der Waals surface area contributed by atoms with Crippen LogP contribution >= 0.6 is 0 Å². The third kappa shape index (κ3) is 2.94. The average Bonchev–Trinajstić information content (AvgIpc) is 2.39. The second-order valence-electron chi connectivity index (χ2n) is 3.40. The summed E-state index contributed by atoms with van der Waals surface area (Å²) < 4.78 is 5.18. The van der Waals surface area contributed by atoms with E-state index in [0.29, 0.717) is 5.82 Å². The van der Waals surface area contributed by atoms with Crippen LogP contribution in [0.5, 0.6) is 5.75 Å². The molecule has 0 aliphatic rings. The molecule has 18 heavy (non-hydrogen) atoms. The number of benzene rings is 1. The minimum Gasteiger partial charge on any atom is -0.496 e. The molecule has 0 saturated carbocycles. The third-order valence-corrected chi connectivity index (χ3v) is 2.20. The first-order valence-electron chi connectivity index (χ1n) is 5.27. The van der Waals surface area contributed by atoms with Crippen molar-refractivity contribution in [3.8, 4) is 5.75 Å². The predicted molar refractivity (Wildman–Crippen MR) is 69.1 cm³/mol. The lowest BCUT2D eigenvalue weighted by Crippen LogP contribution is -2.10. The number of rotatable bonds is 4. The number of ether oxygens (including phenoxy) is 1. The largest absolute Gasteiger partial charge is 0.496 e. The fourth-order valence-electron chi connectivity index (χ4n) is 1.38. The van der Waals surface area contributed by atoms with E-state index in [1.807, 2.05) is 24.3 Å². The minimum atomic E-state index is -0.424. The van der Waals surface area contributed by atoms with Crippen LogP contribution in [-0.2, 0) is 0 Å². The molecule has 6 nitrogen and oxygen atoms in total. The predicted octanol–water partition coefficient (Wildman–Crippen LogP) is 1.22. The molecule has 1 heterocycles. The Balaban J connectivity index is 2.10. The molecule has 2 N–H and O–H groups in total. The highest BCUT2D eigenvalue weighted by Crippen LogP contribution is 2.14. The van der Waals surface area contributed by atoms with Crippen LogP contribution in [0.15, 0.2) is 46.4 Å². The highest BCUT2D eigenvalue weighted by Gasteiger charge is 1.97. The smallest absolute Gasteiger partial charge is 0.346 e. The Hall–Kier alpha value is -2.63. The van der Waals surface area contributed by atoms with E-state index < -0.39 is 5.69 Å². The number of H-pyrrole nitrogens is 1. The molecule has 1 aromatic carbocycles. The Morgan fingerprint density at radius 1 is 1.39 bits per heavy atom. The molecule has 0 radical (unpaired) electrons. The van der Waals surface area contributed by atoms with Crippen molar-refractivity contribution < 1.29 is 4.74 Å². The van der Waals surface area contributed by atoms with Crippen molar-refractivity contribution in [2.75, 3.05) is 12.5 Å². The van der Waals surface area contributed by atoms with Crippen LogP contribution in [0.25, 0.3) is 0 Å². The van der Waals surface area contributed by atoms with E-state index in [-0.39, 0.29) is 0 Å². The molecule has 0 atom stereocenters. The van der Waals surface area contributed by atoms with E-state index in [4.69, 9.17) is 4.74 Å². The fourth-order valence-corrected chi connectivity index (χ4v) is 1.38. The summed E-state index contributed by atoms with van der Waals surface area (Å²) in [5.41, 5.74) is 3.12. The van der Waals surface area contributed by atoms with Crippen molar-refractivity contribution in [3.05, 3.63) is 52.6 Å². The summed E-state index contributed by atoms with van der Waals surface area (Å²) in [6.45, 7) is 0. The molecule has 0 saturated heterocycles. The van der Waals surface area contributed by atoms with E-state index in [2.05, 4.69) is 20.5 Å². The SMILES string of the molecule is COc1ccccc1C=NNc1ccnc(=O)[nH]1. The number of aromatic amines is 1.